The largest absolute Gasteiger partial charge is 0.461 e. The first kappa shape index (κ1) is 11.6. The van der Waals surface area contributed by atoms with Crippen LogP contribution < -0.4 is 0 Å². The van der Waals surface area contributed by atoms with Crippen molar-refractivity contribution in [2.75, 3.05) is 19.8 Å². The molecule has 1 fully saturated rings. The molecule has 0 spiro atoms. The molecule has 17 heavy (non-hydrogen) atoms. The third-order valence-electron chi connectivity index (χ3n) is 2.70. The van der Waals surface area contributed by atoms with Gasteiger partial charge in [-0.2, -0.15) is 5.26 Å². The summed E-state index contributed by atoms with van der Waals surface area (Å²) in [5.41, 5.74) is 0.955. The van der Waals surface area contributed by atoms with E-state index in [0.717, 1.165) is 0 Å². The first-order chi connectivity index (χ1) is 8.13. The van der Waals surface area contributed by atoms with Gasteiger partial charge in [-0.05, 0) is 24.3 Å². The number of carbonyl (C=O) groups is 1. The van der Waals surface area contributed by atoms with E-state index in [-0.39, 0.29) is 11.4 Å². The van der Waals surface area contributed by atoms with Crippen molar-refractivity contribution in [2.45, 2.75) is 6.92 Å². The standard InChI is InChI=1S/C13H13NO3/c1-13(7-16-8-13)9-17-12(15)11-4-2-10(6-14)3-5-11/h2-5H,7-9H2,1H3. The van der Waals surface area contributed by atoms with E-state index in [9.17, 15) is 4.79 Å². The average molecular weight is 231 g/mol. The molecule has 4 nitrogen and oxygen atoms in total. The summed E-state index contributed by atoms with van der Waals surface area (Å²) in [4.78, 5) is 11.7. The number of esters is 1. The summed E-state index contributed by atoms with van der Waals surface area (Å²) in [5.74, 6) is -0.359. The van der Waals surface area contributed by atoms with Gasteiger partial charge in [0, 0.05) is 5.41 Å². The van der Waals surface area contributed by atoms with Crippen LogP contribution in [0.25, 0.3) is 0 Å². The topological polar surface area (TPSA) is 59.3 Å². The fraction of sp³-hybridized carbons (Fsp3) is 0.385. The minimum Gasteiger partial charge on any atom is -0.461 e. The second kappa shape index (κ2) is 4.56. The Balaban J connectivity index is 1.93. The summed E-state index contributed by atoms with van der Waals surface area (Å²) < 4.78 is 10.3. The molecule has 0 bridgehead atoms. The third-order valence-corrected chi connectivity index (χ3v) is 2.70. The lowest BCUT2D eigenvalue weighted by molar-refractivity contribution is -0.127. The summed E-state index contributed by atoms with van der Waals surface area (Å²) in [6, 6.07) is 8.40. The molecule has 1 heterocycles. The molecule has 1 aliphatic heterocycles. The smallest absolute Gasteiger partial charge is 0.338 e. The van der Waals surface area contributed by atoms with E-state index in [4.69, 9.17) is 14.7 Å². The highest BCUT2D eigenvalue weighted by molar-refractivity contribution is 5.89. The van der Waals surface area contributed by atoms with Gasteiger partial charge < -0.3 is 9.47 Å². The van der Waals surface area contributed by atoms with Crippen LogP contribution in [0, 0.1) is 16.7 Å². The molecule has 1 saturated heterocycles. The summed E-state index contributed by atoms with van der Waals surface area (Å²) in [6.45, 7) is 3.65. The van der Waals surface area contributed by atoms with Crippen LogP contribution in [0.1, 0.15) is 22.8 Å². The van der Waals surface area contributed by atoms with Crippen LogP contribution in [-0.2, 0) is 9.47 Å². The van der Waals surface area contributed by atoms with E-state index >= 15 is 0 Å². The van der Waals surface area contributed by atoms with Crippen molar-refractivity contribution in [3.63, 3.8) is 0 Å². The van der Waals surface area contributed by atoms with Gasteiger partial charge in [-0.25, -0.2) is 4.79 Å². The fourth-order valence-corrected chi connectivity index (χ4v) is 1.54. The molecule has 4 heteroatoms. The van der Waals surface area contributed by atoms with E-state index in [1.807, 2.05) is 13.0 Å². The zero-order valence-corrected chi connectivity index (χ0v) is 9.60. The third kappa shape index (κ3) is 2.63. The molecule has 0 aromatic heterocycles. The average Bonchev–Trinajstić information content (AvgIpc) is 2.33. The monoisotopic (exact) mass is 231 g/mol. The van der Waals surface area contributed by atoms with E-state index in [1.165, 1.54) is 0 Å². The van der Waals surface area contributed by atoms with Gasteiger partial charge in [0.25, 0.3) is 0 Å². The number of ether oxygens (including phenoxy) is 2. The van der Waals surface area contributed by atoms with Crippen LogP contribution in [0.3, 0.4) is 0 Å². The van der Waals surface area contributed by atoms with Crippen LogP contribution in [0.2, 0.25) is 0 Å². The van der Waals surface area contributed by atoms with Crippen LogP contribution in [0.4, 0.5) is 0 Å². The molecule has 1 aromatic carbocycles. The Bertz CT molecular complexity index is 455. The zero-order valence-electron chi connectivity index (χ0n) is 9.60. The second-order valence-corrected chi connectivity index (χ2v) is 4.57. The fourth-order valence-electron chi connectivity index (χ4n) is 1.54. The van der Waals surface area contributed by atoms with Crippen molar-refractivity contribution >= 4 is 5.97 Å². The van der Waals surface area contributed by atoms with Crippen molar-refractivity contribution in [3.05, 3.63) is 35.4 Å². The molecule has 0 radical (unpaired) electrons. The van der Waals surface area contributed by atoms with Gasteiger partial charge in [0.1, 0.15) is 6.61 Å². The lowest BCUT2D eigenvalue weighted by Gasteiger charge is -2.37. The number of nitriles is 1. The molecule has 0 unspecified atom stereocenters. The van der Waals surface area contributed by atoms with Gasteiger partial charge in [0.2, 0.25) is 0 Å². The summed E-state index contributed by atoms with van der Waals surface area (Å²) in [5, 5.41) is 8.64. The Kier molecular flexibility index (Phi) is 3.12. The van der Waals surface area contributed by atoms with Crippen molar-refractivity contribution < 1.29 is 14.3 Å². The van der Waals surface area contributed by atoms with Crippen molar-refractivity contribution in [1.82, 2.24) is 0 Å². The van der Waals surface area contributed by atoms with Gasteiger partial charge in [0.15, 0.2) is 0 Å². The summed E-state index contributed by atoms with van der Waals surface area (Å²) in [6.07, 6.45) is 0. The van der Waals surface area contributed by atoms with Gasteiger partial charge in [-0.3, -0.25) is 0 Å². The second-order valence-electron chi connectivity index (χ2n) is 4.57. The highest BCUT2D eigenvalue weighted by atomic mass is 16.5. The number of benzene rings is 1. The Morgan fingerprint density at radius 3 is 2.59 bits per heavy atom. The van der Waals surface area contributed by atoms with Crippen LogP contribution >= 0.6 is 0 Å². The summed E-state index contributed by atoms with van der Waals surface area (Å²) in [7, 11) is 0. The molecule has 0 amide bonds. The van der Waals surface area contributed by atoms with Gasteiger partial charge in [0.05, 0.1) is 30.4 Å². The van der Waals surface area contributed by atoms with E-state index in [1.54, 1.807) is 24.3 Å². The van der Waals surface area contributed by atoms with Crippen molar-refractivity contribution in [3.8, 4) is 6.07 Å². The molecule has 0 aliphatic carbocycles. The maximum absolute atomic E-state index is 11.7. The van der Waals surface area contributed by atoms with Gasteiger partial charge in [-0.15, -0.1) is 0 Å². The van der Waals surface area contributed by atoms with E-state index < -0.39 is 0 Å². The van der Waals surface area contributed by atoms with Crippen LogP contribution in [-0.4, -0.2) is 25.8 Å². The zero-order chi connectivity index (χ0) is 12.3. The highest BCUT2D eigenvalue weighted by Crippen LogP contribution is 2.26. The number of hydrogen-bond acceptors (Lipinski definition) is 4. The minimum atomic E-state index is -0.359. The van der Waals surface area contributed by atoms with Gasteiger partial charge in [-0.1, -0.05) is 6.92 Å². The quantitative estimate of drug-likeness (QED) is 0.743. The number of nitrogens with zero attached hydrogens (tertiary/aromatic N) is 1. The molecule has 0 N–H and O–H groups in total. The molecule has 88 valence electrons. The normalized spacial score (nSPS) is 16.7. The lowest BCUT2D eigenvalue weighted by Crippen LogP contribution is -2.44. The Morgan fingerprint density at radius 1 is 1.47 bits per heavy atom. The van der Waals surface area contributed by atoms with Crippen LogP contribution in [0.5, 0.6) is 0 Å². The molecule has 0 atom stereocenters. The number of hydrogen-bond donors (Lipinski definition) is 0. The molecule has 1 aliphatic rings. The molecular weight excluding hydrogens is 218 g/mol. The Morgan fingerprint density at radius 2 is 2.12 bits per heavy atom. The van der Waals surface area contributed by atoms with Gasteiger partial charge >= 0.3 is 5.97 Å². The molecule has 0 saturated carbocycles. The molecule has 1 aromatic rings. The first-order valence-corrected chi connectivity index (χ1v) is 5.38. The van der Waals surface area contributed by atoms with E-state index in [0.29, 0.717) is 30.9 Å². The van der Waals surface area contributed by atoms with Crippen molar-refractivity contribution in [2.24, 2.45) is 5.41 Å². The number of carbonyl (C=O) groups excluding carboxylic acids is 1. The Labute approximate surface area is 99.8 Å². The first-order valence-electron chi connectivity index (χ1n) is 5.38. The predicted molar refractivity (Wildman–Crippen MR) is 60.4 cm³/mol. The van der Waals surface area contributed by atoms with Crippen LogP contribution in [0.15, 0.2) is 24.3 Å². The lowest BCUT2D eigenvalue weighted by atomic mass is 9.90. The molecule has 2 rings (SSSR count). The Hall–Kier alpha value is -1.86. The maximum atomic E-state index is 11.7. The molecular formula is C13H13NO3. The highest BCUT2D eigenvalue weighted by Gasteiger charge is 2.34. The summed E-state index contributed by atoms with van der Waals surface area (Å²) >= 11 is 0. The van der Waals surface area contributed by atoms with Crippen molar-refractivity contribution in [1.29, 1.82) is 5.26 Å². The maximum Gasteiger partial charge on any atom is 0.338 e. The number of rotatable bonds is 3. The predicted octanol–water partition coefficient (Wildman–Crippen LogP) is 1.75. The minimum absolute atomic E-state index is 0.0394. The SMILES string of the molecule is CC1(COC(=O)c2ccc(C#N)cc2)COC1. The van der Waals surface area contributed by atoms with E-state index in [2.05, 4.69) is 0 Å².